The maximum atomic E-state index is 6.23. The van der Waals surface area contributed by atoms with Crippen LogP contribution in [0.1, 0.15) is 51.6 Å². The van der Waals surface area contributed by atoms with Gasteiger partial charge in [-0.3, -0.25) is 0 Å². The summed E-state index contributed by atoms with van der Waals surface area (Å²) in [5.74, 6) is 1.69. The fraction of sp³-hybridized carbons (Fsp3) is 0.600. The molecule has 0 spiro atoms. The molecule has 1 atom stereocenters. The zero-order chi connectivity index (χ0) is 12.7. The second-order valence-corrected chi connectivity index (χ2v) is 4.90. The number of hydrogen-bond acceptors (Lipinski definition) is 2. The predicted octanol–water partition coefficient (Wildman–Crippen LogP) is 3.91. The van der Waals surface area contributed by atoms with Crippen LogP contribution in [0.5, 0.6) is 5.75 Å². The van der Waals surface area contributed by atoms with E-state index in [9.17, 15) is 0 Å². The Labute approximate surface area is 105 Å². The number of rotatable bonds is 7. The second-order valence-electron chi connectivity index (χ2n) is 4.90. The first-order chi connectivity index (χ1) is 8.15. The topological polar surface area (TPSA) is 35.2 Å². The summed E-state index contributed by atoms with van der Waals surface area (Å²) in [5.41, 5.74) is 7.37. The van der Waals surface area contributed by atoms with Gasteiger partial charge in [0.2, 0.25) is 0 Å². The minimum atomic E-state index is 0.0940. The molecule has 0 aliphatic rings. The van der Waals surface area contributed by atoms with E-state index in [2.05, 4.69) is 19.9 Å². The molecule has 2 heteroatoms. The van der Waals surface area contributed by atoms with Gasteiger partial charge >= 0.3 is 0 Å². The average Bonchev–Trinajstić information content (AvgIpc) is 2.29. The van der Waals surface area contributed by atoms with Crippen molar-refractivity contribution in [3.63, 3.8) is 0 Å². The summed E-state index contributed by atoms with van der Waals surface area (Å²) in [5, 5.41) is 0. The molecular weight excluding hydrogens is 210 g/mol. The highest BCUT2D eigenvalue weighted by atomic mass is 16.5. The maximum Gasteiger partial charge on any atom is 0.124 e. The molecule has 0 aliphatic heterocycles. The summed E-state index contributed by atoms with van der Waals surface area (Å²) < 4.78 is 5.61. The summed E-state index contributed by atoms with van der Waals surface area (Å²) in [7, 11) is 0. The largest absolute Gasteiger partial charge is 0.494 e. The quantitative estimate of drug-likeness (QED) is 0.777. The van der Waals surface area contributed by atoms with E-state index >= 15 is 0 Å². The molecule has 0 amide bonds. The van der Waals surface area contributed by atoms with E-state index in [4.69, 9.17) is 10.5 Å². The Kier molecular flexibility index (Phi) is 6.06. The zero-order valence-electron chi connectivity index (χ0n) is 11.3. The normalized spacial score (nSPS) is 12.8. The summed E-state index contributed by atoms with van der Waals surface area (Å²) in [4.78, 5) is 0. The molecule has 0 aliphatic carbocycles. The third-order valence-electron chi connectivity index (χ3n) is 2.91. The molecule has 0 saturated heterocycles. The Hall–Kier alpha value is -1.02. The van der Waals surface area contributed by atoms with Crippen LogP contribution in [0.2, 0.25) is 0 Å². The van der Waals surface area contributed by atoms with E-state index < -0.39 is 0 Å². The monoisotopic (exact) mass is 235 g/mol. The third-order valence-corrected chi connectivity index (χ3v) is 2.91. The molecule has 2 nitrogen and oxygen atoms in total. The van der Waals surface area contributed by atoms with Crippen molar-refractivity contribution < 1.29 is 4.74 Å². The summed E-state index contributed by atoms with van der Waals surface area (Å²) >= 11 is 0. The lowest BCUT2D eigenvalue weighted by molar-refractivity contribution is 0.333. The van der Waals surface area contributed by atoms with Crippen LogP contribution in [0.25, 0.3) is 0 Å². The van der Waals surface area contributed by atoms with Crippen LogP contribution in [0, 0.1) is 5.92 Å². The van der Waals surface area contributed by atoms with E-state index in [1.54, 1.807) is 0 Å². The van der Waals surface area contributed by atoms with Crippen LogP contribution in [0.15, 0.2) is 24.3 Å². The first kappa shape index (κ1) is 14.0. The number of ether oxygens (including phenoxy) is 1. The van der Waals surface area contributed by atoms with Crippen molar-refractivity contribution >= 4 is 0 Å². The fourth-order valence-electron chi connectivity index (χ4n) is 1.98. The first-order valence-electron chi connectivity index (χ1n) is 6.62. The highest BCUT2D eigenvalue weighted by Crippen LogP contribution is 2.27. The molecule has 1 unspecified atom stereocenters. The minimum Gasteiger partial charge on any atom is -0.494 e. The first-order valence-corrected chi connectivity index (χ1v) is 6.62. The summed E-state index contributed by atoms with van der Waals surface area (Å²) in [6, 6.07) is 8.19. The molecule has 0 saturated carbocycles. The molecule has 17 heavy (non-hydrogen) atoms. The van der Waals surface area contributed by atoms with E-state index in [0.717, 1.165) is 23.7 Å². The third kappa shape index (κ3) is 4.78. The van der Waals surface area contributed by atoms with E-state index in [-0.39, 0.29) is 6.04 Å². The summed E-state index contributed by atoms with van der Waals surface area (Å²) in [6.45, 7) is 7.19. The Balaban J connectivity index is 2.58. The van der Waals surface area contributed by atoms with Gasteiger partial charge in [-0.05, 0) is 25.3 Å². The Morgan fingerprint density at radius 1 is 1.18 bits per heavy atom. The molecule has 96 valence electrons. The second kappa shape index (κ2) is 7.33. The van der Waals surface area contributed by atoms with Crippen molar-refractivity contribution in [3.05, 3.63) is 29.8 Å². The van der Waals surface area contributed by atoms with Crippen molar-refractivity contribution in [2.24, 2.45) is 11.7 Å². The molecule has 0 radical (unpaired) electrons. The SMILES string of the molecule is CCOc1ccccc1C(N)CCCC(C)C. The van der Waals surface area contributed by atoms with Gasteiger partial charge in [-0.15, -0.1) is 0 Å². The number of para-hydroxylation sites is 1. The Morgan fingerprint density at radius 2 is 1.88 bits per heavy atom. The van der Waals surface area contributed by atoms with E-state index in [1.807, 2.05) is 25.1 Å². The van der Waals surface area contributed by atoms with Crippen LogP contribution in [0.4, 0.5) is 0 Å². The predicted molar refractivity (Wildman–Crippen MR) is 73.2 cm³/mol. The number of hydrogen-bond donors (Lipinski definition) is 1. The van der Waals surface area contributed by atoms with Crippen molar-refractivity contribution in [3.8, 4) is 5.75 Å². The van der Waals surface area contributed by atoms with Gasteiger partial charge in [0.15, 0.2) is 0 Å². The molecule has 1 aromatic rings. The van der Waals surface area contributed by atoms with Gasteiger partial charge in [0.05, 0.1) is 6.61 Å². The van der Waals surface area contributed by atoms with Crippen molar-refractivity contribution in [2.45, 2.75) is 46.1 Å². The molecular formula is C15H25NO. The molecule has 0 aromatic heterocycles. The standard InChI is InChI=1S/C15H25NO/c1-4-17-15-11-6-5-9-13(15)14(16)10-7-8-12(2)3/h5-6,9,11-12,14H,4,7-8,10,16H2,1-3H3. The molecule has 0 heterocycles. The van der Waals surface area contributed by atoms with Crippen molar-refractivity contribution in [1.29, 1.82) is 0 Å². The smallest absolute Gasteiger partial charge is 0.124 e. The highest BCUT2D eigenvalue weighted by molar-refractivity contribution is 5.35. The van der Waals surface area contributed by atoms with E-state index in [1.165, 1.54) is 12.8 Å². The van der Waals surface area contributed by atoms with Gasteiger partial charge in [0.25, 0.3) is 0 Å². The minimum absolute atomic E-state index is 0.0940. The zero-order valence-corrected chi connectivity index (χ0v) is 11.3. The maximum absolute atomic E-state index is 6.23. The summed E-state index contributed by atoms with van der Waals surface area (Å²) in [6.07, 6.45) is 3.45. The highest BCUT2D eigenvalue weighted by Gasteiger charge is 2.11. The molecule has 2 N–H and O–H groups in total. The number of nitrogens with two attached hydrogens (primary N) is 1. The van der Waals surface area contributed by atoms with Crippen molar-refractivity contribution in [2.75, 3.05) is 6.61 Å². The Morgan fingerprint density at radius 3 is 2.53 bits per heavy atom. The van der Waals surface area contributed by atoms with Crippen LogP contribution in [-0.2, 0) is 0 Å². The lowest BCUT2D eigenvalue weighted by Gasteiger charge is -2.16. The molecule has 1 aromatic carbocycles. The number of benzene rings is 1. The van der Waals surface area contributed by atoms with Crippen LogP contribution in [-0.4, -0.2) is 6.61 Å². The molecule has 0 bridgehead atoms. The van der Waals surface area contributed by atoms with Gasteiger partial charge in [-0.25, -0.2) is 0 Å². The van der Waals surface area contributed by atoms with Gasteiger partial charge < -0.3 is 10.5 Å². The fourth-order valence-corrected chi connectivity index (χ4v) is 1.98. The van der Waals surface area contributed by atoms with Gasteiger partial charge in [0, 0.05) is 11.6 Å². The molecule has 1 rings (SSSR count). The Bertz CT molecular complexity index is 322. The van der Waals surface area contributed by atoms with E-state index in [0.29, 0.717) is 6.61 Å². The van der Waals surface area contributed by atoms with Crippen LogP contribution in [0.3, 0.4) is 0 Å². The molecule has 0 fully saturated rings. The van der Waals surface area contributed by atoms with Gasteiger partial charge in [-0.2, -0.15) is 0 Å². The van der Waals surface area contributed by atoms with Crippen LogP contribution >= 0.6 is 0 Å². The van der Waals surface area contributed by atoms with Crippen molar-refractivity contribution in [1.82, 2.24) is 0 Å². The van der Waals surface area contributed by atoms with Crippen LogP contribution < -0.4 is 10.5 Å². The average molecular weight is 235 g/mol. The lowest BCUT2D eigenvalue weighted by atomic mass is 9.98. The van der Waals surface area contributed by atoms with Gasteiger partial charge in [0.1, 0.15) is 5.75 Å². The van der Waals surface area contributed by atoms with Gasteiger partial charge in [-0.1, -0.05) is 44.9 Å². The lowest BCUT2D eigenvalue weighted by Crippen LogP contribution is -2.12.